The number of halogens is 1. The summed E-state index contributed by atoms with van der Waals surface area (Å²) < 4.78 is 53.1. The third kappa shape index (κ3) is 5.19. The van der Waals surface area contributed by atoms with Gasteiger partial charge in [-0.15, -0.1) is 11.3 Å². The van der Waals surface area contributed by atoms with Crippen molar-refractivity contribution < 1.29 is 26.8 Å². The predicted octanol–water partition coefficient (Wildman–Crippen LogP) is 6.34. The van der Waals surface area contributed by atoms with Crippen LogP contribution in [-0.4, -0.2) is 51.8 Å². The van der Waals surface area contributed by atoms with E-state index in [4.69, 9.17) is 14.1 Å². The Balaban J connectivity index is 1.64. The van der Waals surface area contributed by atoms with Gasteiger partial charge in [-0.25, -0.2) is 22.8 Å². The normalized spacial score (nSPS) is 11.7. The predicted molar refractivity (Wildman–Crippen MR) is 167 cm³/mol. The molecule has 0 unspecified atom stereocenters. The summed E-state index contributed by atoms with van der Waals surface area (Å²) in [4.78, 5) is 22.6. The smallest absolute Gasteiger partial charge is 0.255 e. The Morgan fingerprint density at radius 1 is 1.02 bits per heavy atom. The summed E-state index contributed by atoms with van der Waals surface area (Å²) in [6.07, 6.45) is 1.09. The fraction of sp³-hybridized carbons (Fsp3) is 0.129. The first-order chi connectivity index (χ1) is 20.6. The van der Waals surface area contributed by atoms with Crippen molar-refractivity contribution in [2.75, 3.05) is 31.8 Å². The second kappa shape index (κ2) is 10.8. The van der Waals surface area contributed by atoms with Gasteiger partial charge in [-0.1, -0.05) is 12.1 Å². The van der Waals surface area contributed by atoms with E-state index >= 15 is 0 Å². The monoisotopic (exact) mass is 616 g/mol. The molecule has 43 heavy (non-hydrogen) atoms. The molecule has 6 aromatic rings. The molecule has 218 valence electrons. The summed E-state index contributed by atoms with van der Waals surface area (Å²) in [5, 5.41) is 3.80. The molecule has 0 aliphatic rings. The van der Waals surface area contributed by atoms with Crippen molar-refractivity contribution >= 4 is 54.1 Å². The number of amides is 1. The average molecular weight is 617 g/mol. The van der Waals surface area contributed by atoms with Crippen molar-refractivity contribution in [2.45, 2.75) is 0 Å². The zero-order valence-electron chi connectivity index (χ0n) is 23.5. The molecule has 1 amide bonds. The molecule has 0 bridgehead atoms. The van der Waals surface area contributed by atoms with E-state index in [-0.39, 0.29) is 22.6 Å². The fourth-order valence-corrected chi connectivity index (χ4v) is 6.26. The number of ether oxygens (including phenoxy) is 1. The number of methoxy groups -OCH3 is 1. The van der Waals surface area contributed by atoms with Crippen LogP contribution in [0, 0.1) is 5.82 Å². The van der Waals surface area contributed by atoms with Crippen molar-refractivity contribution in [3.8, 4) is 39.0 Å². The number of nitrogens with zero attached hydrogens (tertiary/aromatic N) is 3. The van der Waals surface area contributed by atoms with Gasteiger partial charge in [0.15, 0.2) is 0 Å². The molecule has 0 saturated heterocycles. The number of hydrogen-bond donors (Lipinski definition) is 1. The summed E-state index contributed by atoms with van der Waals surface area (Å²) in [5.41, 5.74) is 3.62. The maximum absolute atomic E-state index is 13.7. The lowest BCUT2D eigenvalue weighted by Gasteiger charge is -2.20. The van der Waals surface area contributed by atoms with Gasteiger partial charge in [0.1, 0.15) is 22.2 Å². The molecule has 0 radical (unpaired) electrons. The zero-order chi connectivity index (χ0) is 30.5. The number of fused-ring (bicyclic) bond motifs is 2. The first-order valence-corrected chi connectivity index (χ1v) is 15.7. The van der Waals surface area contributed by atoms with Crippen LogP contribution in [0.25, 0.3) is 54.3 Å². The average Bonchev–Trinajstić information content (AvgIpc) is 3.61. The number of furan rings is 1. The van der Waals surface area contributed by atoms with Gasteiger partial charge in [-0.2, -0.15) is 0 Å². The summed E-state index contributed by atoms with van der Waals surface area (Å²) in [6, 6.07) is 20.2. The third-order valence-corrected chi connectivity index (χ3v) is 9.31. The number of anilines is 1. The quantitative estimate of drug-likeness (QED) is 0.223. The minimum atomic E-state index is -3.73. The molecule has 0 saturated carbocycles. The van der Waals surface area contributed by atoms with Gasteiger partial charge in [-0.3, -0.25) is 9.10 Å². The lowest BCUT2D eigenvalue weighted by atomic mass is 10.00. The minimum absolute atomic E-state index is 0.216. The topological polar surface area (TPSA) is 115 Å². The molecule has 1 N–H and O–H groups in total. The van der Waals surface area contributed by atoms with E-state index in [0.717, 1.165) is 31.3 Å². The zero-order valence-corrected chi connectivity index (χ0v) is 25.1. The van der Waals surface area contributed by atoms with E-state index in [0.29, 0.717) is 28.1 Å². The number of carbonyl (C=O) groups excluding carboxylic acids is 1. The Hall–Kier alpha value is -4.81. The highest BCUT2D eigenvalue weighted by molar-refractivity contribution is 7.92. The molecule has 3 heterocycles. The van der Waals surface area contributed by atoms with Crippen LogP contribution in [0.2, 0.25) is 0 Å². The van der Waals surface area contributed by atoms with Crippen LogP contribution >= 0.6 is 11.3 Å². The van der Waals surface area contributed by atoms with Crippen molar-refractivity contribution in [3.05, 3.63) is 84.2 Å². The molecule has 6 rings (SSSR count). The Bertz CT molecular complexity index is 2110. The molecule has 3 aromatic carbocycles. The number of pyridine rings is 1. The number of thiazole rings is 1. The van der Waals surface area contributed by atoms with E-state index in [2.05, 4.69) is 10.3 Å². The number of aromatic nitrogens is 2. The Morgan fingerprint density at radius 3 is 2.44 bits per heavy atom. The van der Waals surface area contributed by atoms with Gasteiger partial charge in [0, 0.05) is 48.3 Å². The first-order valence-electron chi connectivity index (χ1n) is 13.0. The van der Waals surface area contributed by atoms with Gasteiger partial charge in [-0.05, 0) is 48.5 Å². The van der Waals surface area contributed by atoms with E-state index in [1.165, 1.54) is 56.8 Å². The minimum Gasteiger partial charge on any atom is -0.481 e. The Labute approximate surface area is 250 Å². The number of rotatable bonds is 7. The number of carbonyl (C=O) groups is 1. The van der Waals surface area contributed by atoms with E-state index in [9.17, 15) is 17.6 Å². The molecule has 12 heteroatoms. The number of sulfonamides is 1. The number of nitrogens with one attached hydrogen (secondary N) is 1. The van der Waals surface area contributed by atoms with Gasteiger partial charge < -0.3 is 14.5 Å². The van der Waals surface area contributed by atoms with Crippen LogP contribution in [0.3, 0.4) is 0 Å². The highest BCUT2D eigenvalue weighted by atomic mass is 32.2. The molecule has 9 nitrogen and oxygen atoms in total. The second-order valence-corrected chi connectivity index (χ2v) is 12.8. The molecule has 0 atom stereocenters. The maximum Gasteiger partial charge on any atom is 0.255 e. The molecule has 0 spiro atoms. The lowest BCUT2D eigenvalue weighted by Crippen LogP contribution is -2.25. The maximum atomic E-state index is 13.7. The highest BCUT2D eigenvalue weighted by Gasteiger charge is 2.27. The van der Waals surface area contributed by atoms with Crippen LogP contribution in [0.15, 0.2) is 77.2 Å². The van der Waals surface area contributed by atoms with E-state index in [1.54, 1.807) is 18.2 Å². The van der Waals surface area contributed by atoms with Crippen molar-refractivity contribution in [1.29, 1.82) is 0 Å². The Kier molecular flexibility index (Phi) is 7.10. The second-order valence-electron chi connectivity index (χ2n) is 9.76. The first kappa shape index (κ1) is 28.3. The largest absolute Gasteiger partial charge is 0.481 e. The van der Waals surface area contributed by atoms with Gasteiger partial charge in [0.2, 0.25) is 15.9 Å². The van der Waals surface area contributed by atoms with Gasteiger partial charge >= 0.3 is 0 Å². The van der Waals surface area contributed by atoms with Crippen LogP contribution < -0.4 is 14.4 Å². The molecule has 0 fully saturated rings. The summed E-state index contributed by atoms with van der Waals surface area (Å²) >= 11 is 1.51. The third-order valence-electron chi connectivity index (χ3n) is 7.03. The molecule has 0 aliphatic carbocycles. The van der Waals surface area contributed by atoms with Crippen LogP contribution in [0.1, 0.15) is 10.4 Å². The van der Waals surface area contributed by atoms with E-state index < -0.39 is 21.7 Å². The number of hydrogen-bond acceptors (Lipinski definition) is 8. The van der Waals surface area contributed by atoms with Gasteiger partial charge in [0.25, 0.3) is 5.91 Å². The van der Waals surface area contributed by atoms with Crippen molar-refractivity contribution in [2.24, 2.45) is 0 Å². The number of para-hydroxylation sites is 1. The van der Waals surface area contributed by atoms with Crippen molar-refractivity contribution in [1.82, 2.24) is 15.3 Å². The molecule has 0 aliphatic heterocycles. The highest BCUT2D eigenvalue weighted by Crippen LogP contribution is 2.42. The summed E-state index contributed by atoms with van der Waals surface area (Å²) in [7, 11) is 0.691. The summed E-state index contributed by atoms with van der Waals surface area (Å²) in [5.74, 6) is -0.352. The molecular weight excluding hydrogens is 591 g/mol. The number of benzene rings is 3. The van der Waals surface area contributed by atoms with Gasteiger partial charge in [0.05, 0.1) is 40.5 Å². The van der Waals surface area contributed by atoms with Crippen molar-refractivity contribution in [3.63, 3.8) is 0 Å². The molecular formula is C31H25FN4O5S2. The van der Waals surface area contributed by atoms with Crippen LogP contribution in [0.5, 0.6) is 5.88 Å². The van der Waals surface area contributed by atoms with Crippen LogP contribution in [0.4, 0.5) is 10.1 Å². The van der Waals surface area contributed by atoms with Crippen LogP contribution in [-0.2, 0) is 10.0 Å². The SMILES string of the molecule is CNC(=O)c1c(-c2ccc(F)cc2)oc2cc(N(C)S(C)(=O)=O)c(-c3cc(-c4nc5ccccc5s4)cc(OC)n3)cc12. The Morgan fingerprint density at radius 2 is 1.77 bits per heavy atom. The summed E-state index contributed by atoms with van der Waals surface area (Å²) in [6.45, 7) is 0. The molecule has 3 aromatic heterocycles. The van der Waals surface area contributed by atoms with E-state index in [1.807, 2.05) is 30.3 Å². The standard InChI is InChI=1S/C31H25FN4O5S2/c1-33-30(37)28-21-15-20(23-13-18(14-27(34-23)40-3)31-35-22-7-5-6-8-26(22)42-31)24(36(2)43(4,38)39)16-25(21)41-29(28)17-9-11-19(32)12-10-17/h5-16H,1-4H3,(H,33,37). The fourth-order valence-electron chi connectivity index (χ4n) is 4.80. The lowest BCUT2D eigenvalue weighted by molar-refractivity contribution is 0.0964.